The Hall–Kier alpha value is -3.45. The molecular formula is C21H17FN4OS. The number of para-hydroxylation sites is 2. The Kier molecular flexibility index (Phi) is 5.16. The Morgan fingerprint density at radius 2 is 1.61 bits per heavy atom. The predicted molar refractivity (Wildman–Crippen MR) is 111 cm³/mol. The summed E-state index contributed by atoms with van der Waals surface area (Å²) in [4.78, 5) is 0.249. The number of hydrogen-bond donors (Lipinski definition) is 2. The maximum absolute atomic E-state index is 13.0. The molecule has 0 unspecified atom stereocenters. The molecular weight excluding hydrogens is 375 g/mol. The summed E-state index contributed by atoms with van der Waals surface area (Å²) in [5, 5.41) is 11.0. The third-order valence-electron chi connectivity index (χ3n) is 4.09. The Bertz CT molecular complexity index is 1120. The van der Waals surface area contributed by atoms with Gasteiger partial charge in [-0.1, -0.05) is 30.3 Å². The first-order valence-corrected chi connectivity index (χ1v) is 9.09. The van der Waals surface area contributed by atoms with E-state index < -0.39 is 0 Å². The maximum atomic E-state index is 13.0. The lowest BCUT2D eigenvalue weighted by molar-refractivity contribution is 0.522. The summed E-state index contributed by atoms with van der Waals surface area (Å²) < 4.78 is 20.3. The molecule has 1 aromatic heterocycles. The Labute approximate surface area is 166 Å². The minimum Gasteiger partial charge on any atom is -0.409 e. The number of hydrogen-bond acceptors (Lipinski definition) is 5. The molecule has 0 fully saturated rings. The van der Waals surface area contributed by atoms with Crippen LogP contribution >= 0.6 is 12.2 Å². The van der Waals surface area contributed by atoms with Crippen LogP contribution in [0.1, 0.15) is 0 Å². The highest BCUT2D eigenvalue weighted by Crippen LogP contribution is 2.29. The molecule has 4 aromatic rings. The second-order valence-corrected chi connectivity index (χ2v) is 6.40. The monoisotopic (exact) mass is 392 g/mol. The lowest BCUT2D eigenvalue weighted by Crippen LogP contribution is -2.09. The minimum atomic E-state index is -0.284. The number of anilines is 3. The molecule has 0 aliphatic heterocycles. The number of rotatable bonds is 6. The van der Waals surface area contributed by atoms with Crippen molar-refractivity contribution in [1.82, 2.24) is 9.78 Å². The van der Waals surface area contributed by atoms with Gasteiger partial charge in [-0.15, -0.1) is 5.10 Å². The standard InChI is InChI=1S/C21H17FN4OS/c22-15-10-12-16(13-11-15)23-14-26-21(28)27-20(25-26)18-8-4-5-9-19(18)24-17-6-2-1-3-7-17/h1-13,23-24H,14H2. The topological polar surface area (TPSA) is 55.0 Å². The van der Waals surface area contributed by atoms with Crippen molar-refractivity contribution in [2.75, 3.05) is 10.6 Å². The Balaban J connectivity index is 1.56. The van der Waals surface area contributed by atoms with Crippen LogP contribution in [0.15, 0.2) is 83.3 Å². The van der Waals surface area contributed by atoms with Crippen LogP contribution in [0.25, 0.3) is 11.5 Å². The summed E-state index contributed by atoms with van der Waals surface area (Å²) in [6.45, 7) is 0.308. The van der Waals surface area contributed by atoms with Gasteiger partial charge in [-0.25, -0.2) is 9.07 Å². The zero-order valence-corrected chi connectivity index (χ0v) is 15.6. The lowest BCUT2D eigenvalue weighted by atomic mass is 10.1. The molecule has 0 aliphatic rings. The van der Waals surface area contributed by atoms with Gasteiger partial charge in [0.15, 0.2) is 0 Å². The van der Waals surface area contributed by atoms with Crippen molar-refractivity contribution in [3.63, 3.8) is 0 Å². The van der Waals surface area contributed by atoms with Gasteiger partial charge in [0.2, 0.25) is 5.89 Å². The van der Waals surface area contributed by atoms with E-state index in [-0.39, 0.29) is 10.7 Å². The maximum Gasteiger partial charge on any atom is 0.289 e. The van der Waals surface area contributed by atoms with Gasteiger partial charge in [0, 0.05) is 11.4 Å². The zero-order chi connectivity index (χ0) is 19.3. The molecule has 5 nitrogen and oxygen atoms in total. The average Bonchev–Trinajstić information content (AvgIpc) is 3.09. The number of aromatic nitrogens is 2. The highest BCUT2D eigenvalue weighted by atomic mass is 32.1. The largest absolute Gasteiger partial charge is 0.409 e. The van der Waals surface area contributed by atoms with Crippen molar-refractivity contribution in [3.05, 3.63) is 89.5 Å². The normalized spacial score (nSPS) is 10.6. The number of halogens is 1. The summed E-state index contributed by atoms with van der Waals surface area (Å²) in [6, 6.07) is 23.7. The van der Waals surface area contributed by atoms with Gasteiger partial charge in [0.1, 0.15) is 12.5 Å². The van der Waals surface area contributed by atoms with Crippen LogP contribution in [0.3, 0.4) is 0 Å². The van der Waals surface area contributed by atoms with Crippen LogP contribution < -0.4 is 10.6 Å². The zero-order valence-electron chi connectivity index (χ0n) is 14.8. The molecule has 28 heavy (non-hydrogen) atoms. The molecule has 1 heterocycles. The van der Waals surface area contributed by atoms with Crippen molar-refractivity contribution in [2.24, 2.45) is 0 Å². The fourth-order valence-corrected chi connectivity index (χ4v) is 2.89. The van der Waals surface area contributed by atoms with Crippen LogP contribution in [0.5, 0.6) is 0 Å². The van der Waals surface area contributed by atoms with Gasteiger partial charge >= 0.3 is 0 Å². The van der Waals surface area contributed by atoms with Crippen LogP contribution in [-0.2, 0) is 6.67 Å². The summed E-state index contributed by atoms with van der Waals surface area (Å²) in [5.74, 6) is 0.137. The van der Waals surface area contributed by atoms with Crippen LogP contribution in [0.4, 0.5) is 21.5 Å². The Morgan fingerprint density at radius 1 is 0.893 bits per heavy atom. The van der Waals surface area contributed by atoms with Gasteiger partial charge in [-0.2, -0.15) is 0 Å². The van der Waals surface area contributed by atoms with Gasteiger partial charge in [-0.05, 0) is 60.7 Å². The van der Waals surface area contributed by atoms with Gasteiger partial charge < -0.3 is 15.1 Å². The lowest BCUT2D eigenvalue weighted by Gasteiger charge is -2.09. The molecule has 0 radical (unpaired) electrons. The fourth-order valence-electron chi connectivity index (χ4n) is 2.70. The number of benzene rings is 3. The van der Waals surface area contributed by atoms with E-state index in [1.54, 1.807) is 16.8 Å². The van der Waals surface area contributed by atoms with Crippen molar-refractivity contribution in [1.29, 1.82) is 0 Å². The molecule has 140 valence electrons. The van der Waals surface area contributed by atoms with Gasteiger partial charge in [0.25, 0.3) is 4.84 Å². The Morgan fingerprint density at radius 3 is 2.39 bits per heavy atom. The van der Waals surface area contributed by atoms with Crippen molar-refractivity contribution in [2.45, 2.75) is 6.67 Å². The van der Waals surface area contributed by atoms with E-state index in [0.717, 1.165) is 22.6 Å². The highest BCUT2D eigenvalue weighted by molar-refractivity contribution is 7.71. The molecule has 0 amide bonds. The molecule has 2 N–H and O–H groups in total. The minimum absolute atomic E-state index is 0.249. The third-order valence-corrected chi connectivity index (χ3v) is 4.39. The molecule has 0 bridgehead atoms. The summed E-state index contributed by atoms with van der Waals surface area (Å²) in [7, 11) is 0. The SMILES string of the molecule is Fc1ccc(NCn2nc(-c3ccccc3Nc3ccccc3)oc2=S)cc1. The van der Waals surface area contributed by atoms with E-state index in [0.29, 0.717) is 12.6 Å². The molecule has 0 saturated carbocycles. The first kappa shape index (κ1) is 17.9. The second kappa shape index (κ2) is 8.06. The van der Waals surface area contributed by atoms with Crippen LogP contribution in [0, 0.1) is 10.7 Å². The van der Waals surface area contributed by atoms with Crippen LogP contribution in [-0.4, -0.2) is 9.78 Å². The van der Waals surface area contributed by atoms with E-state index in [4.69, 9.17) is 16.6 Å². The van der Waals surface area contributed by atoms with Crippen molar-refractivity contribution in [3.8, 4) is 11.5 Å². The average molecular weight is 392 g/mol. The summed E-state index contributed by atoms with van der Waals surface area (Å²) in [6.07, 6.45) is 0. The first-order valence-electron chi connectivity index (χ1n) is 8.68. The van der Waals surface area contributed by atoms with Gasteiger partial charge in [0.05, 0.1) is 11.3 Å². The number of nitrogens with zero attached hydrogens (tertiary/aromatic N) is 2. The molecule has 4 rings (SSSR count). The van der Waals surface area contributed by atoms with E-state index in [2.05, 4.69) is 15.7 Å². The third kappa shape index (κ3) is 4.10. The quantitative estimate of drug-likeness (QED) is 0.405. The molecule has 7 heteroatoms. The predicted octanol–water partition coefficient (Wildman–Crippen LogP) is 5.82. The van der Waals surface area contributed by atoms with E-state index in [1.165, 1.54) is 12.1 Å². The highest BCUT2D eigenvalue weighted by Gasteiger charge is 2.12. The van der Waals surface area contributed by atoms with E-state index in [1.807, 2.05) is 54.6 Å². The summed E-state index contributed by atoms with van der Waals surface area (Å²) >= 11 is 5.30. The van der Waals surface area contributed by atoms with Gasteiger partial charge in [-0.3, -0.25) is 0 Å². The van der Waals surface area contributed by atoms with Crippen LogP contribution in [0.2, 0.25) is 0 Å². The smallest absolute Gasteiger partial charge is 0.289 e. The molecule has 0 aliphatic carbocycles. The first-order chi connectivity index (χ1) is 13.7. The summed E-state index contributed by atoms with van der Waals surface area (Å²) in [5.41, 5.74) is 3.39. The second-order valence-electron chi connectivity index (χ2n) is 6.05. The number of nitrogens with one attached hydrogen (secondary N) is 2. The molecule has 0 saturated heterocycles. The van der Waals surface area contributed by atoms with E-state index >= 15 is 0 Å². The molecule has 0 atom stereocenters. The fraction of sp³-hybridized carbons (Fsp3) is 0.0476. The van der Waals surface area contributed by atoms with Crippen molar-refractivity contribution < 1.29 is 8.81 Å². The van der Waals surface area contributed by atoms with E-state index in [9.17, 15) is 4.39 Å². The molecule has 0 spiro atoms. The molecule has 3 aromatic carbocycles. The van der Waals surface area contributed by atoms with Crippen molar-refractivity contribution >= 4 is 29.3 Å².